The van der Waals surface area contributed by atoms with Gasteiger partial charge in [0.15, 0.2) is 0 Å². The van der Waals surface area contributed by atoms with Gasteiger partial charge >= 0.3 is 0 Å². The molecule has 0 radical (unpaired) electrons. The molecule has 0 unspecified atom stereocenters. The van der Waals surface area contributed by atoms with Gasteiger partial charge < -0.3 is 15.7 Å². The van der Waals surface area contributed by atoms with E-state index in [0.717, 1.165) is 16.6 Å². The number of fused-ring (bicyclic) bond motifs is 1. The van der Waals surface area contributed by atoms with Crippen molar-refractivity contribution < 1.29 is 9.90 Å². The van der Waals surface area contributed by atoms with E-state index in [1.54, 1.807) is 20.9 Å². The van der Waals surface area contributed by atoms with Gasteiger partial charge in [0, 0.05) is 12.4 Å². The van der Waals surface area contributed by atoms with Crippen LogP contribution in [-0.2, 0) is 0 Å². The van der Waals surface area contributed by atoms with E-state index in [4.69, 9.17) is 5.73 Å². The van der Waals surface area contributed by atoms with Crippen LogP contribution in [-0.4, -0.2) is 45.3 Å². The van der Waals surface area contributed by atoms with Crippen LogP contribution < -0.4 is 5.73 Å². The number of aliphatic hydroxyl groups is 1. The molecule has 2 aromatic heterocycles. The van der Waals surface area contributed by atoms with Crippen molar-refractivity contribution in [3.63, 3.8) is 0 Å². The van der Waals surface area contributed by atoms with Gasteiger partial charge in [0.05, 0.1) is 23.5 Å². The van der Waals surface area contributed by atoms with Crippen LogP contribution in [0.1, 0.15) is 34.8 Å². The maximum atomic E-state index is 12.6. The third-order valence-electron chi connectivity index (χ3n) is 3.93. The number of thiophene rings is 1. The summed E-state index contributed by atoms with van der Waals surface area (Å²) in [6.07, 6.45) is 0. The van der Waals surface area contributed by atoms with Gasteiger partial charge in [-0.2, -0.15) is 5.10 Å². The second-order valence-electron chi connectivity index (χ2n) is 5.77. The molecule has 21 heavy (non-hydrogen) atoms. The van der Waals surface area contributed by atoms with Crippen molar-refractivity contribution in [2.45, 2.75) is 33.2 Å². The predicted molar refractivity (Wildman–Crippen MR) is 84.6 cm³/mol. The molecule has 2 heterocycles. The summed E-state index contributed by atoms with van der Waals surface area (Å²) < 4.78 is 0. The molecule has 7 heteroatoms. The number of nitrogens with zero attached hydrogens (tertiary/aromatic N) is 3. The lowest BCUT2D eigenvalue weighted by Gasteiger charge is -2.33. The van der Waals surface area contributed by atoms with Gasteiger partial charge in [0.1, 0.15) is 9.71 Å². The minimum Gasteiger partial charge on any atom is -0.397 e. The Labute approximate surface area is 127 Å². The molecule has 0 spiro atoms. The molecule has 1 amide bonds. The molecular weight excluding hydrogens is 288 g/mol. The number of carbonyl (C=O) groups excluding carboxylic acids is 1. The van der Waals surface area contributed by atoms with Crippen molar-refractivity contribution in [3.05, 3.63) is 16.1 Å². The number of carbonyl (C=O) groups is 1. The first-order valence-corrected chi connectivity index (χ1v) is 7.43. The number of aromatic nitrogens is 2. The second kappa shape index (κ2) is 5.23. The first-order valence-electron chi connectivity index (χ1n) is 6.61. The first kappa shape index (κ1) is 15.7. The summed E-state index contributed by atoms with van der Waals surface area (Å²) >= 11 is 1.24. The van der Waals surface area contributed by atoms with E-state index >= 15 is 0 Å². The van der Waals surface area contributed by atoms with Gasteiger partial charge in [-0.15, -0.1) is 16.4 Å². The van der Waals surface area contributed by atoms with Crippen molar-refractivity contribution in [2.75, 3.05) is 19.4 Å². The van der Waals surface area contributed by atoms with Gasteiger partial charge in [-0.25, -0.2) is 0 Å². The Morgan fingerprint density at radius 1 is 1.38 bits per heavy atom. The van der Waals surface area contributed by atoms with Gasteiger partial charge in [-0.05, 0) is 33.3 Å². The summed E-state index contributed by atoms with van der Waals surface area (Å²) in [7, 11) is 1.66. The van der Waals surface area contributed by atoms with Crippen LogP contribution in [0.15, 0.2) is 0 Å². The highest BCUT2D eigenvalue weighted by Crippen LogP contribution is 2.36. The molecule has 0 saturated carbocycles. The first-order chi connectivity index (χ1) is 9.70. The van der Waals surface area contributed by atoms with Crippen LogP contribution in [0, 0.1) is 13.8 Å². The van der Waals surface area contributed by atoms with Gasteiger partial charge in [-0.3, -0.25) is 4.79 Å². The highest BCUT2D eigenvalue weighted by molar-refractivity contribution is 7.21. The highest BCUT2D eigenvalue weighted by atomic mass is 32.1. The van der Waals surface area contributed by atoms with Crippen LogP contribution in [0.25, 0.3) is 10.2 Å². The molecule has 0 saturated heterocycles. The van der Waals surface area contributed by atoms with Crippen LogP contribution in [0.3, 0.4) is 0 Å². The summed E-state index contributed by atoms with van der Waals surface area (Å²) in [5.41, 5.74) is 7.69. The van der Waals surface area contributed by atoms with Crippen molar-refractivity contribution in [1.82, 2.24) is 15.1 Å². The fourth-order valence-corrected chi connectivity index (χ4v) is 3.01. The molecule has 6 nitrogen and oxygen atoms in total. The molecule has 0 aliphatic carbocycles. The molecule has 0 atom stereocenters. The Hall–Kier alpha value is -1.73. The van der Waals surface area contributed by atoms with E-state index in [0.29, 0.717) is 15.4 Å². The van der Waals surface area contributed by atoms with Crippen molar-refractivity contribution in [2.24, 2.45) is 0 Å². The standard InChI is InChI=1S/C14H20N4O2S/c1-7-8(2)16-17-12-9(7)10(15)11(21-12)13(20)18(5)14(3,4)6-19/h19H,6,15H2,1-5H3. The number of amides is 1. The Bertz CT molecular complexity index is 709. The lowest BCUT2D eigenvalue weighted by atomic mass is 10.0. The quantitative estimate of drug-likeness (QED) is 0.901. The third kappa shape index (κ3) is 2.47. The number of anilines is 1. The van der Waals surface area contributed by atoms with Crippen molar-refractivity contribution in [1.29, 1.82) is 0 Å². The van der Waals surface area contributed by atoms with Gasteiger partial charge in [0.25, 0.3) is 5.91 Å². The topological polar surface area (TPSA) is 92.3 Å². The smallest absolute Gasteiger partial charge is 0.266 e. The Morgan fingerprint density at radius 2 is 2.00 bits per heavy atom. The van der Waals surface area contributed by atoms with Gasteiger partial charge in [-0.1, -0.05) is 0 Å². The van der Waals surface area contributed by atoms with E-state index in [1.807, 2.05) is 13.8 Å². The monoisotopic (exact) mass is 308 g/mol. The average Bonchev–Trinajstić information content (AvgIpc) is 2.79. The van der Waals surface area contributed by atoms with E-state index in [9.17, 15) is 9.90 Å². The number of aliphatic hydroxyl groups excluding tert-OH is 1. The largest absolute Gasteiger partial charge is 0.397 e. The summed E-state index contributed by atoms with van der Waals surface area (Å²) in [4.78, 5) is 15.2. The zero-order chi connectivity index (χ0) is 15.9. The van der Waals surface area contributed by atoms with Crippen LogP contribution in [0.5, 0.6) is 0 Å². The lowest BCUT2D eigenvalue weighted by Crippen LogP contribution is -2.47. The van der Waals surface area contributed by atoms with Crippen molar-refractivity contribution >= 4 is 33.1 Å². The number of hydrogen-bond donors (Lipinski definition) is 2. The SMILES string of the molecule is Cc1nnc2sc(C(=O)N(C)C(C)(C)CO)c(N)c2c1C. The molecule has 2 rings (SSSR count). The molecule has 0 aliphatic heterocycles. The van der Waals surface area contributed by atoms with E-state index < -0.39 is 5.54 Å². The minimum atomic E-state index is -0.656. The third-order valence-corrected chi connectivity index (χ3v) is 5.01. The summed E-state index contributed by atoms with van der Waals surface area (Å²) in [5, 5.41) is 18.4. The summed E-state index contributed by atoms with van der Waals surface area (Å²) in [5.74, 6) is -0.216. The number of nitrogen functional groups attached to an aromatic ring is 1. The molecular formula is C14H20N4O2S. The molecule has 114 valence electrons. The number of rotatable bonds is 3. The van der Waals surface area contributed by atoms with E-state index in [1.165, 1.54) is 16.2 Å². The second-order valence-corrected chi connectivity index (χ2v) is 6.77. The maximum Gasteiger partial charge on any atom is 0.266 e. The molecule has 0 aliphatic rings. The molecule has 0 bridgehead atoms. The fourth-order valence-electron chi connectivity index (χ4n) is 1.93. The minimum absolute atomic E-state index is 0.127. The zero-order valence-corrected chi connectivity index (χ0v) is 13.7. The summed E-state index contributed by atoms with van der Waals surface area (Å²) in [6, 6.07) is 0. The van der Waals surface area contributed by atoms with Crippen molar-refractivity contribution in [3.8, 4) is 0 Å². The molecule has 0 fully saturated rings. The maximum absolute atomic E-state index is 12.6. The van der Waals surface area contributed by atoms with Crippen LogP contribution in [0.2, 0.25) is 0 Å². The normalized spacial score (nSPS) is 11.9. The molecule has 0 aromatic carbocycles. The van der Waals surface area contributed by atoms with Gasteiger partial charge in [0.2, 0.25) is 0 Å². The summed E-state index contributed by atoms with van der Waals surface area (Å²) in [6.45, 7) is 7.25. The average molecular weight is 308 g/mol. The number of nitrogens with two attached hydrogens (primary N) is 1. The number of hydrogen-bond acceptors (Lipinski definition) is 6. The highest BCUT2D eigenvalue weighted by Gasteiger charge is 2.30. The predicted octanol–water partition coefficient (Wildman–Crippen LogP) is 1.73. The van der Waals surface area contributed by atoms with E-state index in [2.05, 4.69) is 10.2 Å². The zero-order valence-electron chi connectivity index (χ0n) is 12.9. The number of likely N-dealkylation sites (N-methyl/N-ethyl adjacent to an activating group) is 1. The Balaban J connectivity index is 2.56. The van der Waals surface area contributed by atoms with Crippen LogP contribution in [0.4, 0.5) is 5.69 Å². The Kier molecular flexibility index (Phi) is 3.90. The van der Waals surface area contributed by atoms with E-state index in [-0.39, 0.29) is 12.5 Å². The fraction of sp³-hybridized carbons (Fsp3) is 0.500. The van der Waals surface area contributed by atoms with Crippen LogP contribution >= 0.6 is 11.3 Å². The molecule has 3 N–H and O–H groups in total. The lowest BCUT2D eigenvalue weighted by molar-refractivity contribution is 0.0479. The Morgan fingerprint density at radius 3 is 2.57 bits per heavy atom. The number of aryl methyl sites for hydroxylation is 2. The molecule has 2 aromatic rings.